The van der Waals surface area contributed by atoms with Crippen molar-refractivity contribution >= 4 is 0 Å². The van der Waals surface area contributed by atoms with E-state index in [0.717, 1.165) is 12.1 Å². The van der Waals surface area contributed by atoms with E-state index in [9.17, 15) is 4.79 Å². The van der Waals surface area contributed by atoms with E-state index in [4.69, 9.17) is 0 Å². The third-order valence-corrected chi connectivity index (χ3v) is 1.12. The van der Waals surface area contributed by atoms with Gasteiger partial charge in [-0.1, -0.05) is 6.92 Å². The average molecular weight is 126 g/mol. The molecular formula is C6H10N2O. The highest BCUT2D eigenvalue weighted by atomic mass is 16.1. The Labute approximate surface area is 54.2 Å². The van der Waals surface area contributed by atoms with E-state index in [-0.39, 0.29) is 7.12 Å². The molecule has 0 fully saturated rings. The van der Waals surface area contributed by atoms with Gasteiger partial charge in [0.15, 0.2) is 0 Å². The van der Waals surface area contributed by atoms with Crippen molar-refractivity contribution in [3.8, 4) is 0 Å². The fourth-order valence-electron chi connectivity index (χ4n) is 0.612. The highest BCUT2D eigenvalue weighted by molar-refractivity contribution is 4.96. The smallest absolute Gasteiger partial charge is 0.310 e. The molecule has 0 spiro atoms. The standard InChI is InChI=1S/C6H8N2O.H2/c1-2-5-3-4-7-6(9)8-5;/h3-4H,2H2,1H3,(H,7,8,9);1H. The molecule has 3 heteroatoms. The van der Waals surface area contributed by atoms with E-state index in [1.807, 2.05) is 6.92 Å². The van der Waals surface area contributed by atoms with Crippen molar-refractivity contribution in [2.75, 3.05) is 0 Å². The maximum atomic E-state index is 10.5. The summed E-state index contributed by atoms with van der Waals surface area (Å²) in [5.41, 5.74) is 0.657. The first-order valence-corrected chi connectivity index (χ1v) is 2.87. The van der Waals surface area contributed by atoms with Gasteiger partial charge in [-0.25, -0.2) is 9.78 Å². The predicted octanol–water partition coefficient (Wildman–Crippen LogP) is 0.578. The van der Waals surface area contributed by atoms with Crippen LogP contribution in [0.3, 0.4) is 0 Å². The van der Waals surface area contributed by atoms with Gasteiger partial charge in [-0.05, 0) is 12.5 Å². The molecule has 0 bridgehead atoms. The van der Waals surface area contributed by atoms with Crippen LogP contribution >= 0.6 is 0 Å². The minimum Gasteiger partial charge on any atom is -0.310 e. The second-order valence-corrected chi connectivity index (χ2v) is 1.75. The van der Waals surface area contributed by atoms with Gasteiger partial charge in [-0.3, -0.25) is 0 Å². The lowest BCUT2D eigenvalue weighted by atomic mass is 10.3. The van der Waals surface area contributed by atoms with E-state index in [0.29, 0.717) is 0 Å². The number of hydrogen-bond acceptors (Lipinski definition) is 2. The van der Waals surface area contributed by atoms with Crippen LogP contribution in [0.2, 0.25) is 0 Å². The quantitative estimate of drug-likeness (QED) is 0.598. The molecule has 0 atom stereocenters. The lowest BCUT2D eigenvalue weighted by molar-refractivity contribution is 0.956. The van der Waals surface area contributed by atoms with Gasteiger partial charge in [0, 0.05) is 13.3 Å². The molecule has 1 rings (SSSR count). The topological polar surface area (TPSA) is 45.8 Å². The van der Waals surface area contributed by atoms with Gasteiger partial charge in [-0.2, -0.15) is 0 Å². The van der Waals surface area contributed by atoms with Gasteiger partial charge in [-0.15, -0.1) is 0 Å². The fraction of sp³-hybridized carbons (Fsp3) is 0.333. The summed E-state index contributed by atoms with van der Waals surface area (Å²) in [5.74, 6) is 0. The summed E-state index contributed by atoms with van der Waals surface area (Å²) in [5, 5.41) is 0. The summed E-state index contributed by atoms with van der Waals surface area (Å²) < 4.78 is 0. The van der Waals surface area contributed by atoms with E-state index in [1.165, 1.54) is 6.20 Å². The molecule has 1 aromatic rings. The van der Waals surface area contributed by atoms with Gasteiger partial charge in [0.25, 0.3) is 0 Å². The van der Waals surface area contributed by atoms with Crippen LogP contribution in [-0.4, -0.2) is 9.97 Å². The van der Waals surface area contributed by atoms with Crippen molar-refractivity contribution in [3.63, 3.8) is 0 Å². The molecule has 50 valence electrons. The Balaban J connectivity index is 0.000000810. The Hall–Kier alpha value is -1.12. The van der Waals surface area contributed by atoms with Crippen LogP contribution in [0.15, 0.2) is 17.1 Å². The monoisotopic (exact) mass is 126 g/mol. The first kappa shape index (κ1) is 6.01. The molecule has 0 amide bonds. The zero-order valence-corrected chi connectivity index (χ0v) is 5.22. The Morgan fingerprint density at radius 2 is 2.67 bits per heavy atom. The molecule has 0 aromatic carbocycles. The van der Waals surface area contributed by atoms with Crippen molar-refractivity contribution in [1.82, 2.24) is 9.97 Å². The number of nitrogens with one attached hydrogen (secondary N) is 1. The molecule has 3 nitrogen and oxygen atoms in total. The van der Waals surface area contributed by atoms with Gasteiger partial charge in [0.2, 0.25) is 0 Å². The number of H-pyrrole nitrogens is 1. The van der Waals surface area contributed by atoms with Crippen molar-refractivity contribution in [2.24, 2.45) is 0 Å². The average Bonchev–Trinajstić information content (AvgIpc) is 1.88. The zero-order chi connectivity index (χ0) is 6.69. The van der Waals surface area contributed by atoms with Crippen LogP contribution in [0.25, 0.3) is 0 Å². The number of aryl methyl sites for hydroxylation is 1. The van der Waals surface area contributed by atoms with Crippen LogP contribution in [0.4, 0.5) is 0 Å². The molecular weight excluding hydrogens is 116 g/mol. The van der Waals surface area contributed by atoms with Gasteiger partial charge >= 0.3 is 5.69 Å². The third-order valence-electron chi connectivity index (χ3n) is 1.12. The van der Waals surface area contributed by atoms with Gasteiger partial charge in [0.05, 0.1) is 0 Å². The Morgan fingerprint density at radius 1 is 1.89 bits per heavy atom. The second-order valence-electron chi connectivity index (χ2n) is 1.75. The maximum absolute atomic E-state index is 10.5. The molecule has 1 aromatic heterocycles. The van der Waals surface area contributed by atoms with Crippen molar-refractivity contribution < 1.29 is 1.43 Å². The molecule has 0 aliphatic heterocycles. The molecule has 1 heterocycles. The second kappa shape index (κ2) is 2.44. The van der Waals surface area contributed by atoms with Gasteiger partial charge < -0.3 is 4.98 Å². The number of rotatable bonds is 1. The van der Waals surface area contributed by atoms with Crippen LogP contribution in [0.5, 0.6) is 0 Å². The first-order chi connectivity index (χ1) is 4.33. The number of nitrogens with zero attached hydrogens (tertiary/aromatic N) is 1. The third kappa shape index (κ3) is 1.38. The highest BCUT2D eigenvalue weighted by Gasteiger charge is 1.86. The summed E-state index contributed by atoms with van der Waals surface area (Å²) in [7, 11) is 0. The normalized spacial score (nSPS) is 9.44. The summed E-state index contributed by atoms with van der Waals surface area (Å²) in [6.07, 6.45) is 2.36. The van der Waals surface area contributed by atoms with E-state index in [2.05, 4.69) is 9.97 Å². The zero-order valence-electron chi connectivity index (χ0n) is 5.22. The van der Waals surface area contributed by atoms with Crippen LogP contribution in [-0.2, 0) is 6.42 Å². The van der Waals surface area contributed by atoms with Crippen LogP contribution in [0.1, 0.15) is 14.0 Å². The largest absolute Gasteiger partial charge is 0.345 e. The molecule has 1 N–H and O–H groups in total. The summed E-state index contributed by atoms with van der Waals surface area (Å²) in [6.45, 7) is 1.98. The minimum absolute atomic E-state index is 0. The molecule has 0 unspecified atom stereocenters. The maximum Gasteiger partial charge on any atom is 0.345 e. The molecule has 9 heavy (non-hydrogen) atoms. The lowest BCUT2D eigenvalue weighted by Crippen LogP contribution is -2.10. The fourth-order valence-corrected chi connectivity index (χ4v) is 0.612. The van der Waals surface area contributed by atoms with Crippen LogP contribution in [0, 0.1) is 0 Å². The SMILES string of the molecule is CCc1ccnc(=O)[nH]1.[HH]. The highest BCUT2D eigenvalue weighted by Crippen LogP contribution is 1.86. The summed E-state index contributed by atoms with van der Waals surface area (Å²) in [4.78, 5) is 16.5. The van der Waals surface area contributed by atoms with E-state index >= 15 is 0 Å². The van der Waals surface area contributed by atoms with E-state index < -0.39 is 0 Å². The van der Waals surface area contributed by atoms with Gasteiger partial charge in [0.1, 0.15) is 0 Å². The number of aromatic nitrogens is 2. The molecule has 0 saturated heterocycles. The first-order valence-electron chi connectivity index (χ1n) is 2.87. The van der Waals surface area contributed by atoms with Crippen LogP contribution < -0.4 is 5.69 Å². The van der Waals surface area contributed by atoms with E-state index in [1.54, 1.807) is 6.07 Å². The Kier molecular flexibility index (Phi) is 1.63. The minimum atomic E-state index is -0.269. The Morgan fingerprint density at radius 3 is 3.11 bits per heavy atom. The molecule has 0 saturated carbocycles. The van der Waals surface area contributed by atoms with Crippen molar-refractivity contribution in [2.45, 2.75) is 13.3 Å². The predicted molar refractivity (Wildman–Crippen MR) is 36.3 cm³/mol. The Bertz CT molecular complexity index is 246. The lowest BCUT2D eigenvalue weighted by Gasteiger charge is -1.90. The summed E-state index contributed by atoms with van der Waals surface area (Å²) in [6, 6.07) is 1.79. The molecule has 0 aliphatic rings. The number of hydrogen-bond donors (Lipinski definition) is 1. The molecule has 0 radical (unpaired) electrons. The van der Waals surface area contributed by atoms with Crippen molar-refractivity contribution in [3.05, 3.63) is 28.4 Å². The molecule has 0 aliphatic carbocycles. The van der Waals surface area contributed by atoms with Crippen molar-refractivity contribution in [1.29, 1.82) is 0 Å². The summed E-state index contributed by atoms with van der Waals surface area (Å²) >= 11 is 0. The number of aromatic amines is 1.